The largest absolute Gasteiger partial charge is 0.301 e. The van der Waals surface area contributed by atoms with Gasteiger partial charge in [0.05, 0.1) is 0 Å². The Morgan fingerprint density at radius 2 is 1.88 bits per heavy atom. The van der Waals surface area contributed by atoms with Crippen LogP contribution in [0.2, 0.25) is 0 Å². The standard InChI is InChI=1S/C15H26N2/c1-3-16-6-8-17(9-7-16)15-10-14(11-15)12(2)13-4-5-13/h4,12,14-15H,3,5-11H2,1-2H3/t12-,14?,15?/m1/s1. The first kappa shape index (κ1) is 11.7. The van der Waals surface area contributed by atoms with Gasteiger partial charge in [-0.15, -0.1) is 0 Å². The van der Waals surface area contributed by atoms with Gasteiger partial charge in [-0.2, -0.15) is 0 Å². The van der Waals surface area contributed by atoms with Crippen LogP contribution in [0.5, 0.6) is 0 Å². The average Bonchev–Trinajstić information content (AvgIpc) is 3.11. The van der Waals surface area contributed by atoms with Gasteiger partial charge < -0.3 is 4.90 Å². The number of allylic oxidation sites excluding steroid dienone is 2. The van der Waals surface area contributed by atoms with E-state index < -0.39 is 0 Å². The average molecular weight is 234 g/mol. The lowest BCUT2D eigenvalue weighted by atomic mass is 9.71. The van der Waals surface area contributed by atoms with Crippen LogP contribution in [0.3, 0.4) is 0 Å². The molecule has 17 heavy (non-hydrogen) atoms. The summed E-state index contributed by atoms with van der Waals surface area (Å²) in [5.74, 6) is 1.89. The van der Waals surface area contributed by atoms with Gasteiger partial charge in [-0.25, -0.2) is 0 Å². The highest BCUT2D eigenvalue weighted by atomic mass is 15.3. The Kier molecular flexibility index (Phi) is 3.27. The Morgan fingerprint density at radius 3 is 2.41 bits per heavy atom. The molecule has 2 aliphatic carbocycles. The number of nitrogens with zero attached hydrogens (tertiary/aromatic N) is 2. The Morgan fingerprint density at radius 1 is 1.24 bits per heavy atom. The predicted octanol–water partition coefficient (Wildman–Crippen LogP) is 2.37. The third-order valence-electron chi connectivity index (χ3n) is 5.25. The first-order chi connectivity index (χ1) is 8.28. The predicted molar refractivity (Wildman–Crippen MR) is 72.1 cm³/mol. The maximum Gasteiger partial charge on any atom is 0.0113 e. The third-order valence-corrected chi connectivity index (χ3v) is 5.25. The maximum absolute atomic E-state index is 2.75. The van der Waals surface area contributed by atoms with E-state index in [1.54, 1.807) is 5.57 Å². The second kappa shape index (κ2) is 4.74. The molecule has 0 amide bonds. The van der Waals surface area contributed by atoms with Crippen molar-refractivity contribution in [3.63, 3.8) is 0 Å². The summed E-state index contributed by atoms with van der Waals surface area (Å²) in [5, 5.41) is 0. The molecule has 1 aliphatic heterocycles. The minimum atomic E-state index is 0.892. The van der Waals surface area contributed by atoms with Crippen molar-refractivity contribution in [2.45, 2.75) is 39.2 Å². The van der Waals surface area contributed by atoms with Crippen LogP contribution in [0.1, 0.15) is 33.1 Å². The van der Waals surface area contributed by atoms with Gasteiger partial charge in [-0.05, 0) is 37.6 Å². The molecule has 0 aromatic carbocycles. The molecule has 0 aromatic heterocycles. The molecule has 2 heteroatoms. The molecule has 3 aliphatic rings. The van der Waals surface area contributed by atoms with Crippen molar-refractivity contribution in [3.8, 4) is 0 Å². The number of hydrogen-bond donors (Lipinski definition) is 0. The summed E-state index contributed by atoms with van der Waals surface area (Å²) in [4.78, 5) is 5.32. The molecular weight excluding hydrogens is 208 g/mol. The summed E-state index contributed by atoms with van der Waals surface area (Å²) >= 11 is 0. The molecule has 0 aromatic rings. The van der Waals surface area contributed by atoms with Crippen molar-refractivity contribution in [3.05, 3.63) is 11.6 Å². The smallest absolute Gasteiger partial charge is 0.0113 e. The minimum absolute atomic E-state index is 0.892. The maximum atomic E-state index is 2.75. The normalized spacial score (nSPS) is 36.2. The monoisotopic (exact) mass is 234 g/mol. The fourth-order valence-corrected chi connectivity index (χ4v) is 3.51. The lowest BCUT2D eigenvalue weighted by Gasteiger charge is -2.48. The zero-order valence-electron chi connectivity index (χ0n) is 11.4. The lowest BCUT2D eigenvalue weighted by Crippen LogP contribution is -2.54. The fourth-order valence-electron chi connectivity index (χ4n) is 3.51. The van der Waals surface area contributed by atoms with Crippen LogP contribution in [-0.4, -0.2) is 48.6 Å². The summed E-state index contributed by atoms with van der Waals surface area (Å²) in [6.45, 7) is 11.1. The second-order valence-corrected chi connectivity index (χ2v) is 6.13. The van der Waals surface area contributed by atoms with Crippen LogP contribution < -0.4 is 0 Å². The first-order valence-corrected chi connectivity index (χ1v) is 7.43. The zero-order valence-corrected chi connectivity index (χ0v) is 11.4. The Labute approximate surface area is 106 Å². The van der Waals surface area contributed by atoms with Crippen molar-refractivity contribution in [1.29, 1.82) is 0 Å². The molecular formula is C15H26N2. The quantitative estimate of drug-likeness (QED) is 0.689. The van der Waals surface area contributed by atoms with Crippen LogP contribution in [0.25, 0.3) is 0 Å². The van der Waals surface area contributed by atoms with Crippen LogP contribution >= 0.6 is 0 Å². The van der Waals surface area contributed by atoms with E-state index in [0.29, 0.717) is 0 Å². The highest BCUT2D eigenvalue weighted by Crippen LogP contribution is 2.44. The van der Waals surface area contributed by atoms with Crippen molar-refractivity contribution in [2.75, 3.05) is 32.7 Å². The topological polar surface area (TPSA) is 6.48 Å². The van der Waals surface area contributed by atoms with Gasteiger partial charge in [0.15, 0.2) is 0 Å². The molecule has 0 bridgehead atoms. The fraction of sp³-hybridized carbons (Fsp3) is 0.867. The SMILES string of the molecule is CCN1CCN(C2CC([C@H](C)C3=CC3)C2)CC1. The minimum Gasteiger partial charge on any atom is -0.301 e. The van der Waals surface area contributed by atoms with Crippen LogP contribution in [0.15, 0.2) is 11.6 Å². The zero-order chi connectivity index (χ0) is 11.8. The van der Waals surface area contributed by atoms with Gasteiger partial charge >= 0.3 is 0 Å². The number of piperazine rings is 1. The summed E-state index contributed by atoms with van der Waals surface area (Å²) < 4.78 is 0. The van der Waals surface area contributed by atoms with Crippen LogP contribution in [-0.2, 0) is 0 Å². The van der Waals surface area contributed by atoms with E-state index in [1.165, 1.54) is 52.0 Å². The van der Waals surface area contributed by atoms with E-state index in [0.717, 1.165) is 17.9 Å². The highest BCUT2D eigenvalue weighted by molar-refractivity contribution is 5.25. The molecule has 1 saturated heterocycles. The van der Waals surface area contributed by atoms with Crippen LogP contribution in [0.4, 0.5) is 0 Å². The van der Waals surface area contributed by atoms with Crippen molar-refractivity contribution >= 4 is 0 Å². The van der Waals surface area contributed by atoms with Gasteiger partial charge in [0, 0.05) is 32.2 Å². The second-order valence-electron chi connectivity index (χ2n) is 6.13. The van der Waals surface area contributed by atoms with E-state index in [4.69, 9.17) is 0 Å². The molecule has 1 saturated carbocycles. The molecule has 3 rings (SSSR count). The van der Waals surface area contributed by atoms with Crippen molar-refractivity contribution in [1.82, 2.24) is 9.80 Å². The highest BCUT2D eigenvalue weighted by Gasteiger charge is 2.39. The molecule has 2 nitrogen and oxygen atoms in total. The van der Waals surface area contributed by atoms with Crippen LogP contribution in [0, 0.1) is 11.8 Å². The van der Waals surface area contributed by atoms with Gasteiger partial charge in [0.2, 0.25) is 0 Å². The molecule has 1 heterocycles. The number of hydrogen-bond acceptors (Lipinski definition) is 2. The van der Waals surface area contributed by atoms with Crippen molar-refractivity contribution in [2.24, 2.45) is 11.8 Å². The molecule has 0 N–H and O–H groups in total. The van der Waals surface area contributed by atoms with E-state index in [2.05, 4.69) is 29.7 Å². The summed E-state index contributed by atoms with van der Waals surface area (Å²) in [6.07, 6.45) is 6.66. The van der Waals surface area contributed by atoms with Gasteiger partial charge in [0.25, 0.3) is 0 Å². The first-order valence-electron chi connectivity index (χ1n) is 7.43. The number of likely N-dealkylation sites (N-methyl/N-ethyl adjacent to an activating group) is 1. The summed E-state index contributed by atoms with van der Waals surface area (Å²) in [7, 11) is 0. The van der Waals surface area contributed by atoms with Crippen molar-refractivity contribution < 1.29 is 0 Å². The van der Waals surface area contributed by atoms with E-state index in [-0.39, 0.29) is 0 Å². The molecule has 0 radical (unpaired) electrons. The van der Waals surface area contributed by atoms with E-state index in [1.807, 2.05) is 0 Å². The van der Waals surface area contributed by atoms with Gasteiger partial charge in [-0.3, -0.25) is 4.90 Å². The van der Waals surface area contributed by atoms with Gasteiger partial charge in [0.1, 0.15) is 0 Å². The third kappa shape index (κ3) is 2.43. The summed E-state index contributed by atoms with van der Waals surface area (Å²) in [6, 6.07) is 0.917. The van der Waals surface area contributed by atoms with E-state index >= 15 is 0 Å². The Balaban J connectivity index is 1.42. The molecule has 96 valence electrons. The Hall–Kier alpha value is -0.340. The molecule has 0 spiro atoms. The lowest BCUT2D eigenvalue weighted by molar-refractivity contribution is 0.0234. The molecule has 2 fully saturated rings. The molecule has 1 atom stereocenters. The van der Waals surface area contributed by atoms with E-state index in [9.17, 15) is 0 Å². The summed E-state index contributed by atoms with van der Waals surface area (Å²) in [5.41, 5.74) is 1.74. The Bertz CT molecular complexity index is 296. The molecule has 0 unspecified atom stereocenters. The number of rotatable bonds is 4. The van der Waals surface area contributed by atoms with Gasteiger partial charge in [-0.1, -0.05) is 25.5 Å².